The first-order valence-corrected chi connectivity index (χ1v) is 23.4. The third-order valence-corrected chi connectivity index (χ3v) is 17.4. The van der Waals surface area contributed by atoms with Gasteiger partial charge in [-0.2, -0.15) is 0 Å². The molecule has 0 amide bonds. The number of anilines is 7. The second-order valence-electron chi connectivity index (χ2n) is 21.4. The first-order valence-electron chi connectivity index (χ1n) is 23.4. The van der Waals surface area contributed by atoms with Crippen LogP contribution < -0.4 is 31.1 Å². The molecule has 6 aromatic rings. The lowest BCUT2D eigenvalue weighted by molar-refractivity contribution is 0.194. The summed E-state index contributed by atoms with van der Waals surface area (Å²) < 4.78 is 0. The van der Waals surface area contributed by atoms with Gasteiger partial charge < -0.3 is 14.7 Å². The summed E-state index contributed by atoms with van der Waals surface area (Å²) in [7, 11) is 0. The zero-order valence-electron chi connectivity index (χ0n) is 37.6. The number of hydrogen-bond donors (Lipinski definition) is 0. The Hall–Kier alpha value is -5.22. The standard InChI is InChI=1S/C57H60BN3/c1-37-33-38(2)50-52-49(37)54(6)29-17-18-30-55(54,7)61(52)48-36-42(35-47-51(48)58(50)44-25-15-16-26-46(44)59(47)41-23-13-10-14-24-41)60-45-28-27-40(53(3,4)5)34-43(45)57(39-21-11-9-12-22-39)32-20-19-31-56(57,60)8/h9-16,21-28,33-36H,17-20,29-32H2,1-8H3. The van der Waals surface area contributed by atoms with E-state index in [0.717, 1.165) is 12.8 Å². The van der Waals surface area contributed by atoms with Crippen LogP contribution in [0.5, 0.6) is 0 Å². The van der Waals surface area contributed by atoms with Gasteiger partial charge in [0.1, 0.15) is 0 Å². The maximum atomic E-state index is 2.94. The van der Waals surface area contributed by atoms with Crippen molar-refractivity contribution in [2.24, 2.45) is 0 Å². The summed E-state index contributed by atoms with van der Waals surface area (Å²) in [6, 6.07) is 47.7. The van der Waals surface area contributed by atoms with Crippen LogP contribution in [0.3, 0.4) is 0 Å². The Morgan fingerprint density at radius 3 is 1.95 bits per heavy atom. The van der Waals surface area contributed by atoms with Gasteiger partial charge in [0.15, 0.2) is 0 Å². The van der Waals surface area contributed by atoms with Gasteiger partial charge in [0.25, 0.3) is 6.71 Å². The molecule has 0 spiro atoms. The normalized spacial score (nSPS) is 26.6. The summed E-state index contributed by atoms with van der Waals surface area (Å²) in [5.41, 5.74) is 22.5. The molecule has 4 atom stereocenters. The second kappa shape index (κ2) is 12.5. The number of fused-ring (bicyclic) bond motifs is 10. The summed E-state index contributed by atoms with van der Waals surface area (Å²) >= 11 is 0. The van der Waals surface area contributed by atoms with Gasteiger partial charge in [-0.1, -0.05) is 144 Å². The van der Waals surface area contributed by atoms with Crippen LogP contribution in [0.1, 0.15) is 126 Å². The molecule has 2 saturated carbocycles. The fourth-order valence-corrected chi connectivity index (χ4v) is 14.6. The van der Waals surface area contributed by atoms with Crippen molar-refractivity contribution in [2.45, 2.75) is 134 Å². The van der Waals surface area contributed by atoms with Crippen molar-refractivity contribution in [3.8, 4) is 0 Å². The third kappa shape index (κ3) is 4.57. The molecule has 6 aromatic carbocycles. The zero-order chi connectivity index (χ0) is 41.8. The summed E-state index contributed by atoms with van der Waals surface area (Å²) in [5.74, 6) is 0. The fourth-order valence-electron chi connectivity index (χ4n) is 14.6. The lowest BCUT2D eigenvalue weighted by atomic mass is 9.32. The first-order chi connectivity index (χ1) is 29.3. The zero-order valence-corrected chi connectivity index (χ0v) is 37.6. The van der Waals surface area contributed by atoms with Crippen molar-refractivity contribution in [1.82, 2.24) is 0 Å². The van der Waals surface area contributed by atoms with Gasteiger partial charge >= 0.3 is 0 Å². The largest absolute Gasteiger partial charge is 0.335 e. The van der Waals surface area contributed by atoms with Crippen LogP contribution in [0, 0.1) is 13.8 Å². The summed E-state index contributed by atoms with van der Waals surface area (Å²) in [6.45, 7) is 20.0. The lowest BCUT2D eigenvalue weighted by Gasteiger charge is -2.54. The van der Waals surface area contributed by atoms with Crippen LogP contribution in [-0.4, -0.2) is 17.8 Å². The smallest absolute Gasteiger partial charge is 0.252 e. The van der Waals surface area contributed by atoms with Gasteiger partial charge in [0.2, 0.25) is 0 Å². The molecular formula is C57H60BN3. The maximum absolute atomic E-state index is 2.94. The van der Waals surface area contributed by atoms with Crippen LogP contribution >= 0.6 is 0 Å². The summed E-state index contributed by atoms with van der Waals surface area (Å²) in [4.78, 5) is 8.43. The second-order valence-corrected chi connectivity index (χ2v) is 21.4. The Morgan fingerprint density at radius 1 is 0.541 bits per heavy atom. The van der Waals surface area contributed by atoms with E-state index in [2.05, 4.69) is 191 Å². The molecule has 12 rings (SSSR count). The highest BCUT2D eigenvalue weighted by molar-refractivity contribution is 7.00. The molecule has 4 heterocycles. The monoisotopic (exact) mass is 797 g/mol. The summed E-state index contributed by atoms with van der Waals surface area (Å²) in [5, 5.41) is 0. The molecule has 61 heavy (non-hydrogen) atoms. The van der Waals surface area contributed by atoms with Crippen molar-refractivity contribution >= 4 is 62.9 Å². The molecule has 306 valence electrons. The van der Waals surface area contributed by atoms with Crippen LogP contribution in [0.2, 0.25) is 0 Å². The molecule has 4 heteroatoms. The molecule has 2 fully saturated rings. The predicted octanol–water partition coefficient (Wildman–Crippen LogP) is 12.7. The molecule has 3 nitrogen and oxygen atoms in total. The quantitative estimate of drug-likeness (QED) is 0.165. The molecule has 4 aliphatic heterocycles. The molecule has 4 unspecified atom stereocenters. The van der Waals surface area contributed by atoms with Crippen molar-refractivity contribution in [3.05, 3.63) is 155 Å². The van der Waals surface area contributed by atoms with Crippen molar-refractivity contribution in [1.29, 1.82) is 0 Å². The van der Waals surface area contributed by atoms with Crippen LogP contribution in [0.15, 0.2) is 121 Å². The molecule has 0 N–H and O–H groups in total. The van der Waals surface area contributed by atoms with Crippen LogP contribution in [-0.2, 0) is 16.2 Å². The number of para-hydroxylation sites is 2. The van der Waals surface area contributed by atoms with E-state index in [1.807, 2.05) is 0 Å². The minimum absolute atomic E-state index is 0.0409. The van der Waals surface area contributed by atoms with E-state index in [0.29, 0.717) is 0 Å². The molecule has 0 radical (unpaired) electrons. The molecule has 6 aliphatic rings. The topological polar surface area (TPSA) is 9.72 Å². The fraction of sp³-hybridized carbons (Fsp3) is 0.368. The Kier molecular flexibility index (Phi) is 7.67. The van der Waals surface area contributed by atoms with Crippen molar-refractivity contribution < 1.29 is 0 Å². The Morgan fingerprint density at radius 2 is 1.20 bits per heavy atom. The Balaban J connectivity index is 1.22. The van der Waals surface area contributed by atoms with Gasteiger partial charge in [-0.05, 0) is 139 Å². The van der Waals surface area contributed by atoms with Crippen LogP contribution in [0.25, 0.3) is 0 Å². The Labute approximate surface area is 364 Å². The van der Waals surface area contributed by atoms with E-state index in [4.69, 9.17) is 0 Å². The highest BCUT2D eigenvalue weighted by atomic mass is 15.3. The van der Waals surface area contributed by atoms with Crippen LogP contribution in [0.4, 0.5) is 39.8 Å². The number of hydrogen-bond acceptors (Lipinski definition) is 3. The Bertz CT molecular complexity index is 2800. The minimum Gasteiger partial charge on any atom is -0.335 e. The molecule has 2 aliphatic carbocycles. The number of nitrogens with zero attached hydrogens (tertiary/aromatic N) is 3. The average Bonchev–Trinajstić information content (AvgIpc) is 3.63. The highest BCUT2D eigenvalue weighted by Crippen LogP contribution is 2.66. The number of rotatable bonds is 3. The van der Waals surface area contributed by atoms with E-state index in [1.54, 1.807) is 5.56 Å². The average molecular weight is 798 g/mol. The SMILES string of the molecule is Cc1cc(C)c2c3c1B1c4ccccc4N(c4ccccc4)c4cc(N5c6ccc(C(C)(C)C)cc6C6(c7ccccc7)CCCCC56C)cc(c41)N3C1(C)CCCCC21C. The number of aryl methyl sites for hydroxylation is 2. The predicted molar refractivity (Wildman–Crippen MR) is 259 cm³/mol. The van der Waals surface area contributed by atoms with Gasteiger partial charge in [0, 0.05) is 50.6 Å². The molecule has 0 aromatic heterocycles. The van der Waals surface area contributed by atoms with E-state index in [-0.39, 0.29) is 34.0 Å². The molecular weight excluding hydrogens is 737 g/mol. The van der Waals surface area contributed by atoms with Gasteiger partial charge in [-0.3, -0.25) is 0 Å². The van der Waals surface area contributed by atoms with Gasteiger partial charge in [0.05, 0.1) is 11.1 Å². The minimum atomic E-state index is -0.185. The van der Waals surface area contributed by atoms with Crippen molar-refractivity contribution in [3.63, 3.8) is 0 Å². The third-order valence-electron chi connectivity index (χ3n) is 17.4. The molecule has 0 saturated heterocycles. The highest BCUT2D eigenvalue weighted by Gasteiger charge is 2.64. The van der Waals surface area contributed by atoms with Gasteiger partial charge in [-0.25, -0.2) is 0 Å². The van der Waals surface area contributed by atoms with E-state index in [1.165, 1.54) is 123 Å². The maximum Gasteiger partial charge on any atom is 0.252 e. The summed E-state index contributed by atoms with van der Waals surface area (Å²) in [6.07, 6.45) is 9.70. The van der Waals surface area contributed by atoms with E-state index >= 15 is 0 Å². The van der Waals surface area contributed by atoms with Gasteiger partial charge in [-0.15, -0.1) is 0 Å². The van der Waals surface area contributed by atoms with E-state index < -0.39 is 0 Å². The van der Waals surface area contributed by atoms with Crippen molar-refractivity contribution in [2.75, 3.05) is 14.7 Å². The molecule has 0 bridgehead atoms. The lowest BCUT2D eigenvalue weighted by Crippen LogP contribution is -2.65. The first kappa shape index (κ1) is 37.5. The van der Waals surface area contributed by atoms with E-state index in [9.17, 15) is 0 Å². The number of benzene rings is 6.